The van der Waals surface area contributed by atoms with Crippen LogP contribution in [0.3, 0.4) is 0 Å². The molecule has 5 nitrogen and oxygen atoms in total. The number of halogens is 1. The quantitative estimate of drug-likeness (QED) is 0.696. The number of aryl methyl sites for hydroxylation is 1. The third kappa shape index (κ3) is 3.00. The second-order valence-electron chi connectivity index (χ2n) is 4.19. The number of hydrogen-bond donors (Lipinski definition) is 1. The molecule has 0 saturated carbocycles. The molecule has 1 N–H and O–H groups in total. The van der Waals surface area contributed by atoms with Gasteiger partial charge in [0, 0.05) is 18.2 Å². The normalized spacial score (nSPS) is 10.3. The van der Waals surface area contributed by atoms with Gasteiger partial charge in [-0.05, 0) is 40.9 Å². The van der Waals surface area contributed by atoms with E-state index < -0.39 is 22.3 Å². The third-order valence-corrected chi connectivity index (χ3v) is 3.72. The van der Waals surface area contributed by atoms with E-state index in [0.717, 1.165) is 23.3 Å². The Morgan fingerprint density at radius 3 is 2.80 bits per heavy atom. The van der Waals surface area contributed by atoms with Gasteiger partial charge < -0.3 is 5.32 Å². The maximum atomic E-state index is 13.2. The molecule has 0 unspecified atom stereocenters. The van der Waals surface area contributed by atoms with E-state index in [1.807, 2.05) is 17.7 Å². The van der Waals surface area contributed by atoms with Gasteiger partial charge in [0.2, 0.25) is 5.82 Å². The summed E-state index contributed by atoms with van der Waals surface area (Å²) in [6.45, 7) is 2.26. The first-order valence-electron chi connectivity index (χ1n) is 5.73. The van der Waals surface area contributed by atoms with Gasteiger partial charge in [-0.15, -0.1) is 0 Å². The number of benzene rings is 1. The Bertz CT molecular complexity index is 669. The Kier molecular flexibility index (Phi) is 4.09. The van der Waals surface area contributed by atoms with Crippen LogP contribution in [0.15, 0.2) is 29.0 Å². The van der Waals surface area contributed by atoms with Crippen LogP contribution in [-0.2, 0) is 6.54 Å². The topological polar surface area (TPSA) is 72.2 Å². The van der Waals surface area contributed by atoms with Crippen LogP contribution in [0.2, 0.25) is 0 Å². The summed E-state index contributed by atoms with van der Waals surface area (Å²) in [4.78, 5) is 21.7. The van der Waals surface area contributed by atoms with Gasteiger partial charge in [0.05, 0.1) is 4.92 Å². The van der Waals surface area contributed by atoms with E-state index in [4.69, 9.17) is 0 Å². The van der Waals surface area contributed by atoms with Crippen LogP contribution >= 0.6 is 11.3 Å². The zero-order chi connectivity index (χ0) is 14.7. The predicted octanol–water partition coefficient (Wildman–Crippen LogP) is 3.03. The lowest BCUT2D eigenvalue weighted by Gasteiger charge is -2.05. The SMILES string of the molecule is Cc1cscc1CNC(=O)c1ccc(F)c([N+](=O)[O-])c1. The van der Waals surface area contributed by atoms with E-state index in [1.54, 1.807) is 0 Å². The molecule has 20 heavy (non-hydrogen) atoms. The van der Waals surface area contributed by atoms with Gasteiger partial charge in [-0.1, -0.05) is 0 Å². The smallest absolute Gasteiger partial charge is 0.305 e. The number of nitrogens with zero attached hydrogens (tertiary/aromatic N) is 1. The fourth-order valence-corrected chi connectivity index (χ4v) is 2.50. The number of rotatable bonds is 4. The Balaban J connectivity index is 2.12. The molecule has 2 rings (SSSR count). The highest BCUT2D eigenvalue weighted by atomic mass is 32.1. The predicted molar refractivity (Wildman–Crippen MR) is 73.3 cm³/mol. The van der Waals surface area contributed by atoms with E-state index in [-0.39, 0.29) is 5.56 Å². The third-order valence-electron chi connectivity index (χ3n) is 2.81. The standard InChI is InChI=1S/C13H11FN2O3S/c1-8-6-20-7-10(8)5-15-13(17)9-2-3-11(14)12(4-9)16(18)19/h2-4,6-7H,5H2,1H3,(H,15,17). The van der Waals surface area contributed by atoms with Crippen molar-refractivity contribution in [3.05, 3.63) is 61.6 Å². The molecule has 0 atom stereocenters. The fraction of sp³-hybridized carbons (Fsp3) is 0.154. The minimum Gasteiger partial charge on any atom is -0.348 e. The monoisotopic (exact) mass is 294 g/mol. The Morgan fingerprint density at radius 1 is 1.45 bits per heavy atom. The number of hydrogen-bond acceptors (Lipinski definition) is 4. The highest BCUT2D eigenvalue weighted by Crippen LogP contribution is 2.19. The first-order valence-corrected chi connectivity index (χ1v) is 6.67. The Hall–Kier alpha value is -2.28. The molecule has 0 radical (unpaired) electrons. The summed E-state index contributed by atoms with van der Waals surface area (Å²) in [5.74, 6) is -1.43. The number of nitrogens with one attached hydrogen (secondary N) is 1. The van der Waals surface area contributed by atoms with Gasteiger partial charge in [0.1, 0.15) is 0 Å². The average molecular weight is 294 g/mol. The van der Waals surface area contributed by atoms with Crippen molar-refractivity contribution in [2.45, 2.75) is 13.5 Å². The fourth-order valence-electron chi connectivity index (χ4n) is 1.64. The number of nitro groups is 1. The molecule has 104 valence electrons. The maximum absolute atomic E-state index is 13.2. The highest BCUT2D eigenvalue weighted by molar-refractivity contribution is 7.08. The zero-order valence-corrected chi connectivity index (χ0v) is 11.4. The van der Waals surface area contributed by atoms with Crippen LogP contribution in [-0.4, -0.2) is 10.8 Å². The summed E-state index contributed by atoms with van der Waals surface area (Å²) < 4.78 is 13.2. The molecule has 1 aromatic carbocycles. The van der Waals surface area contributed by atoms with Crippen molar-refractivity contribution in [2.75, 3.05) is 0 Å². The van der Waals surface area contributed by atoms with Crippen molar-refractivity contribution in [1.82, 2.24) is 5.32 Å². The minimum absolute atomic E-state index is 0.0611. The molecule has 1 aromatic heterocycles. The number of thiophene rings is 1. The Morgan fingerprint density at radius 2 is 2.20 bits per heavy atom. The van der Waals surface area contributed by atoms with Crippen LogP contribution in [0.5, 0.6) is 0 Å². The van der Waals surface area contributed by atoms with Crippen molar-refractivity contribution in [2.24, 2.45) is 0 Å². The molecule has 0 spiro atoms. The molecule has 7 heteroatoms. The Labute approximate surface area is 118 Å². The second-order valence-corrected chi connectivity index (χ2v) is 4.93. The van der Waals surface area contributed by atoms with Gasteiger partial charge in [0.25, 0.3) is 5.91 Å². The summed E-state index contributed by atoms with van der Waals surface area (Å²) in [6, 6.07) is 3.08. The van der Waals surface area contributed by atoms with Crippen LogP contribution < -0.4 is 5.32 Å². The molecule has 0 aliphatic carbocycles. The van der Waals surface area contributed by atoms with Gasteiger partial charge >= 0.3 is 5.69 Å². The highest BCUT2D eigenvalue weighted by Gasteiger charge is 2.17. The van der Waals surface area contributed by atoms with E-state index in [2.05, 4.69) is 5.32 Å². The number of nitro benzene ring substituents is 1. The van der Waals surface area contributed by atoms with E-state index >= 15 is 0 Å². The number of amides is 1. The lowest BCUT2D eigenvalue weighted by atomic mass is 10.1. The second kappa shape index (κ2) is 5.79. The molecule has 0 bridgehead atoms. The maximum Gasteiger partial charge on any atom is 0.305 e. The van der Waals surface area contributed by atoms with Gasteiger partial charge in [-0.2, -0.15) is 15.7 Å². The molecular weight excluding hydrogens is 283 g/mol. The van der Waals surface area contributed by atoms with E-state index in [0.29, 0.717) is 6.54 Å². The molecular formula is C13H11FN2O3S. The van der Waals surface area contributed by atoms with Gasteiger partial charge in [0.15, 0.2) is 0 Å². The van der Waals surface area contributed by atoms with Gasteiger partial charge in [-0.3, -0.25) is 14.9 Å². The van der Waals surface area contributed by atoms with Crippen LogP contribution in [0, 0.1) is 22.9 Å². The van der Waals surface area contributed by atoms with E-state index in [1.165, 1.54) is 17.4 Å². The summed E-state index contributed by atoms with van der Waals surface area (Å²) in [5.41, 5.74) is 1.41. The number of carbonyl (C=O) groups excluding carboxylic acids is 1. The minimum atomic E-state index is -0.958. The lowest BCUT2D eigenvalue weighted by molar-refractivity contribution is -0.387. The molecule has 0 aliphatic heterocycles. The van der Waals surface area contributed by atoms with E-state index in [9.17, 15) is 19.3 Å². The van der Waals surface area contributed by atoms with Crippen molar-refractivity contribution in [3.63, 3.8) is 0 Å². The van der Waals surface area contributed by atoms with Crippen LogP contribution in [0.4, 0.5) is 10.1 Å². The summed E-state index contributed by atoms with van der Waals surface area (Å²) in [7, 11) is 0. The number of carbonyl (C=O) groups is 1. The van der Waals surface area contributed by atoms with Crippen molar-refractivity contribution in [1.29, 1.82) is 0 Å². The molecule has 2 aromatic rings. The molecule has 0 fully saturated rings. The largest absolute Gasteiger partial charge is 0.348 e. The molecule has 0 aliphatic rings. The first kappa shape index (κ1) is 14.1. The van der Waals surface area contributed by atoms with Crippen LogP contribution in [0.25, 0.3) is 0 Å². The summed E-state index contributed by atoms with van der Waals surface area (Å²) in [5, 5.41) is 17.2. The zero-order valence-electron chi connectivity index (χ0n) is 10.6. The average Bonchev–Trinajstić information content (AvgIpc) is 2.81. The summed E-state index contributed by atoms with van der Waals surface area (Å²) >= 11 is 1.53. The van der Waals surface area contributed by atoms with Gasteiger partial charge in [-0.25, -0.2) is 0 Å². The molecule has 0 saturated heterocycles. The van der Waals surface area contributed by atoms with Crippen molar-refractivity contribution >= 4 is 22.9 Å². The molecule has 1 heterocycles. The lowest BCUT2D eigenvalue weighted by Crippen LogP contribution is -2.23. The van der Waals surface area contributed by atoms with Crippen molar-refractivity contribution in [3.8, 4) is 0 Å². The summed E-state index contributed by atoms with van der Waals surface area (Å²) in [6.07, 6.45) is 0. The first-order chi connectivity index (χ1) is 9.49. The van der Waals surface area contributed by atoms with Crippen molar-refractivity contribution < 1.29 is 14.1 Å². The van der Waals surface area contributed by atoms with Crippen LogP contribution in [0.1, 0.15) is 21.5 Å². The molecule has 1 amide bonds.